The Kier molecular flexibility index (Phi) is 3.74. The predicted molar refractivity (Wildman–Crippen MR) is 80.7 cm³/mol. The van der Waals surface area contributed by atoms with Crippen LogP contribution in [0.5, 0.6) is 0 Å². The van der Waals surface area contributed by atoms with E-state index in [-0.39, 0.29) is 16.9 Å². The van der Waals surface area contributed by atoms with Crippen molar-refractivity contribution in [2.45, 2.75) is 35.6 Å². The van der Waals surface area contributed by atoms with Crippen molar-refractivity contribution in [3.63, 3.8) is 0 Å². The Morgan fingerprint density at radius 1 is 1.32 bits per heavy atom. The predicted octanol–water partition coefficient (Wildman–Crippen LogP) is 0.613. The highest BCUT2D eigenvalue weighted by atomic mass is 32.2. The molecule has 120 valence electrons. The normalized spacial score (nSPS) is 24.2. The van der Waals surface area contributed by atoms with Crippen LogP contribution in [-0.4, -0.2) is 44.9 Å². The molecular formula is C15H20N2O4S. The lowest BCUT2D eigenvalue weighted by molar-refractivity contribution is -0.143. The third-order valence-electron chi connectivity index (χ3n) is 4.56. The molecule has 0 unspecified atom stereocenters. The van der Waals surface area contributed by atoms with Crippen molar-refractivity contribution >= 4 is 16.0 Å². The van der Waals surface area contributed by atoms with Gasteiger partial charge in [-0.1, -0.05) is 12.1 Å². The number of methoxy groups -OCH3 is 1. The van der Waals surface area contributed by atoms with Gasteiger partial charge in [0.25, 0.3) is 0 Å². The van der Waals surface area contributed by atoms with E-state index in [0.29, 0.717) is 19.5 Å². The fourth-order valence-corrected chi connectivity index (χ4v) is 4.51. The van der Waals surface area contributed by atoms with Gasteiger partial charge < -0.3 is 10.5 Å². The average molecular weight is 324 g/mol. The number of hydrogen-bond acceptors (Lipinski definition) is 5. The van der Waals surface area contributed by atoms with Gasteiger partial charge in [-0.05, 0) is 37.0 Å². The summed E-state index contributed by atoms with van der Waals surface area (Å²) in [6.07, 6.45) is 2.17. The fraction of sp³-hybridized carbons (Fsp3) is 0.533. The Morgan fingerprint density at radius 3 is 2.41 bits per heavy atom. The summed E-state index contributed by atoms with van der Waals surface area (Å²) in [7, 11) is -2.13. The maximum atomic E-state index is 12.5. The lowest BCUT2D eigenvalue weighted by atomic mass is 9.96. The van der Waals surface area contributed by atoms with Crippen LogP contribution in [0.15, 0.2) is 29.2 Å². The van der Waals surface area contributed by atoms with Crippen LogP contribution < -0.4 is 5.73 Å². The fourth-order valence-electron chi connectivity index (χ4n) is 3.00. The number of nitrogens with two attached hydrogens (primary N) is 1. The zero-order valence-electron chi connectivity index (χ0n) is 12.5. The summed E-state index contributed by atoms with van der Waals surface area (Å²) in [5.74, 6) is -0.256. The van der Waals surface area contributed by atoms with E-state index in [9.17, 15) is 13.2 Å². The number of esters is 1. The molecule has 1 aromatic carbocycles. The molecule has 3 rings (SSSR count). The first kappa shape index (κ1) is 15.5. The Balaban J connectivity index is 1.84. The van der Waals surface area contributed by atoms with Gasteiger partial charge in [0.1, 0.15) is 0 Å². The van der Waals surface area contributed by atoms with E-state index in [4.69, 9.17) is 10.5 Å². The van der Waals surface area contributed by atoms with Crippen molar-refractivity contribution in [3.8, 4) is 0 Å². The molecule has 0 bridgehead atoms. The summed E-state index contributed by atoms with van der Waals surface area (Å²) in [6.45, 7) is 0.813. The quantitative estimate of drug-likeness (QED) is 0.820. The lowest BCUT2D eigenvalue weighted by Gasteiger charge is -2.17. The summed E-state index contributed by atoms with van der Waals surface area (Å²) >= 11 is 0. The number of nitrogens with zero attached hydrogens (tertiary/aromatic N) is 1. The maximum absolute atomic E-state index is 12.5. The van der Waals surface area contributed by atoms with Crippen LogP contribution >= 0.6 is 0 Å². The second-order valence-corrected chi connectivity index (χ2v) is 7.95. The Bertz CT molecular complexity index is 680. The van der Waals surface area contributed by atoms with E-state index < -0.39 is 15.4 Å². The number of carbonyl (C=O) groups is 1. The molecule has 0 amide bonds. The minimum Gasteiger partial charge on any atom is -0.468 e. The minimum atomic E-state index is -3.50. The summed E-state index contributed by atoms with van der Waals surface area (Å²) in [5, 5.41) is 0. The van der Waals surface area contributed by atoms with E-state index in [0.717, 1.165) is 18.4 Å². The molecule has 2 fully saturated rings. The number of sulfonamides is 1. The number of rotatable bonds is 4. The van der Waals surface area contributed by atoms with Gasteiger partial charge in [0.15, 0.2) is 0 Å². The Morgan fingerprint density at radius 2 is 1.95 bits per heavy atom. The topological polar surface area (TPSA) is 89.7 Å². The van der Waals surface area contributed by atoms with Crippen molar-refractivity contribution in [3.05, 3.63) is 29.8 Å². The first-order valence-electron chi connectivity index (χ1n) is 7.35. The monoisotopic (exact) mass is 324 g/mol. The smallest absolute Gasteiger partial charge is 0.316 e. The molecule has 1 atom stereocenters. The molecule has 1 saturated heterocycles. The van der Waals surface area contributed by atoms with Crippen molar-refractivity contribution in [2.24, 2.45) is 5.73 Å². The largest absolute Gasteiger partial charge is 0.468 e. The van der Waals surface area contributed by atoms with Crippen molar-refractivity contribution < 1.29 is 17.9 Å². The van der Waals surface area contributed by atoms with E-state index >= 15 is 0 Å². The van der Waals surface area contributed by atoms with Gasteiger partial charge >= 0.3 is 5.97 Å². The van der Waals surface area contributed by atoms with Gasteiger partial charge in [-0.15, -0.1) is 0 Å². The van der Waals surface area contributed by atoms with Gasteiger partial charge in [0.2, 0.25) is 10.0 Å². The number of carbonyl (C=O) groups excluding carboxylic acids is 1. The molecule has 1 aromatic rings. The highest BCUT2D eigenvalue weighted by molar-refractivity contribution is 7.89. The van der Waals surface area contributed by atoms with Gasteiger partial charge in [0.05, 0.1) is 17.4 Å². The third kappa shape index (κ3) is 2.43. The molecule has 1 aliphatic heterocycles. The SMILES string of the molecule is COC(=O)C1(c2ccc(S(=O)(=O)N3CC[C@@H](N)C3)cc2)CC1. The highest BCUT2D eigenvalue weighted by Crippen LogP contribution is 2.49. The molecular weight excluding hydrogens is 304 g/mol. The maximum Gasteiger partial charge on any atom is 0.316 e. The molecule has 22 heavy (non-hydrogen) atoms. The van der Waals surface area contributed by atoms with E-state index in [1.165, 1.54) is 11.4 Å². The van der Waals surface area contributed by atoms with Crippen LogP contribution in [0.25, 0.3) is 0 Å². The Hall–Kier alpha value is -1.44. The van der Waals surface area contributed by atoms with E-state index in [1.54, 1.807) is 24.3 Å². The van der Waals surface area contributed by atoms with Crippen molar-refractivity contribution in [1.29, 1.82) is 0 Å². The average Bonchev–Trinajstić information content (AvgIpc) is 3.22. The van der Waals surface area contributed by atoms with Gasteiger partial charge in [-0.25, -0.2) is 8.42 Å². The van der Waals surface area contributed by atoms with E-state index in [2.05, 4.69) is 0 Å². The first-order chi connectivity index (χ1) is 10.4. The van der Waals surface area contributed by atoms with Crippen LogP contribution in [-0.2, 0) is 25.0 Å². The second-order valence-electron chi connectivity index (χ2n) is 6.01. The van der Waals surface area contributed by atoms with Crippen LogP contribution in [0, 0.1) is 0 Å². The molecule has 1 aliphatic carbocycles. The molecule has 6 nitrogen and oxygen atoms in total. The third-order valence-corrected chi connectivity index (χ3v) is 6.44. The van der Waals surface area contributed by atoms with Gasteiger partial charge in [-0.3, -0.25) is 4.79 Å². The van der Waals surface area contributed by atoms with Crippen molar-refractivity contribution in [2.75, 3.05) is 20.2 Å². The highest BCUT2D eigenvalue weighted by Gasteiger charge is 2.52. The molecule has 7 heteroatoms. The summed E-state index contributed by atoms with van der Waals surface area (Å²) in [4.78, 5) is 12.1. The number of benzene rings is 1. The molecule has 0 spiro atoms. The van der Waals surface area contributed by atoms with Gasteiger partial charge in [-0.2, -0.15) is 4.31 Å². The zero-order chi connectivity index (χ0) is 16.0. The molecule has 1 heterocycles. The minimum absolute atomic E-state index is 0.0943. The van der Waals surface area contributed by atoms with Crippen molar-refractivity contribution in [1.82, 2.24) is 4.31 Å². The number of hydrogen-bond donors (Lipinski definition) is 1. The molecule has 1 saturated carbocycles. The Labute approximate surface area is 130 Å². The number of ether oxygens (including phenoxy) is 1. The van der Waals surface area contributed by atoms with Gasteiger partial charge in [0, 0.05) is 19.1 Å². The first-order valence-corrected chi connectivity index (χ1v) is 8.79. The molecule has 2 N–H and O–H groups in total. The summed E-state index contributed by atoms with van der Waals surface area (Å²) < 4.78 is 31.3. The van der Waals surface area contributed by atoms with Crippen LogP contribution in [0.4, 0.5) is 0 Å². The van der Waals surface area contributed by atoms with Crippen LogP contribution in [0.1, 0.15) is 24.8 Å². The lowest BCUT2D eigenvalue weighted by Crippen LogP contribution is -2.32. The summed E-state index contributed by atoms with van der Waals surface area (Å²) in [6, 6.07) is 6.47. The van der Waals surface area contributed by atoms with Crippen LogP contribution in [0.2, 0.25) is 0 Å². The zero-order valence-corrected chi connectivity index (χ0v) is 13.3. The molecule has 0 radical (unpaired) electrons. The van der Waals surface area contributed by atoms with Crippen LogP contribution in [0.3, 0.4) is 0 Å². The molecule has 2 aliphatic rings. The standard InChI is InChI=1S/C15H20N2O4S/c1-21-14(18)15(7-8-15)11-2-4-13(5-3-11)22(19,20)17-9-6-12(16)10-17/h2-5,12H,6-10,16H2,1H3/t12-/m1/s1. The second kappa shape index (κ2) is 5.33. The van der Waals surface area contributed by atoms with E-state index in [1.807, 2.05) is 0 Å². The summed E-state index contributed by atoms with van der Waals surface area (Å²) in [5.41, 5.74) is 6.02. The molecule has 0 aromatic heterocycles.